The number of benzene rings is 1. The molecule has 2 aliphatic rings. The molecule has 1 aromatic rings. The van der Waals surface area contributed by atoms with Gasteiger partial charge < -0.3 is 10.2 Å². The number of hydrogen-bond acceptors (Lipinski definition) is 2. The Hall–Kier alpha value is -1.02. The molecular formula is C15H21N2. The molecule has 1 N–H and O–H groups in total. The molecule has 1 aromatic carbocycles. The lowest BCUT2D eigenvalue weighted by atomic mass is 9.98. The van der Waals surface area contributed by atoms with E-state index in [9.17, 15) is 0 Å². The monoisotopic (exact) mass is 229 g/mol. The van der Waals surface area contributed by atoms with Gasteiger partial charge in [-0.25, -0.2) is 0 Å². The predicted molar refractivity (Wildman–Crippen MR) is 71.4 cm³/mol. The molecule has 3 rings (SSSR count). The lowest BCUT2D eigenvalue weighted by molar-refractivity contribution is 0.351. The summed E-state index contributed by atoms with van der Waals surface area (Å²) in [5, 5.41) is 3.67. The first-order valence-corrected chi connectivity index (χ1v) is 6.85. The molecule has 0 aliphatic carbocycles. The van der Waals surface area contributed by atoms with Crippen molar-refractivity contribution in [2.45, 2.75) is 44.7 Å². The Labute approximate surface area is 104 Å². The van der Waals surface area contributed by atoms with Crippen LogP contribution in [0.2, 0.25) is 0 Å². The molecule has 1 radical (unpaired) electrons. The van der Waals surface area contributed by atoms with Gasteiger partial charge in [0.15, 0.2) is 0 Å². The van der Waals surface area contributed by atoms with Crippen LogP contribution in [0.3, 0.4) is 0 Å². The van der Waals surface area contributed by atoms with Crippen LogP contribution in [-0.2, 0) is 6.42 Å². The van der Waals surface area contributed by atoms with Crippen molar-refractivity contribution in [3.8, 4) is 0 Å². The van der Waals surface area contributed by atoms with Gasteiger partial charge >= 0.3 is 0 Å². The van der Waals surface area contributed by atoms with Crippen molar-refractivity contribution in [3.63, 3.8) is 0 Å². The van der Waals surface area contributed by atoms with Gasteiger partial charge in [-0.3, -0.25) is 0 Å². The smallest absolute Gasteiger partial charge is 0.0415 e. The fourth-order valence-electron chi connectivity index (χ4n) is 3.22. The van der Waals surface area contributed by atoms with Gasteiger partial charge in [0.25, 0.3) is 0 Å². The summed E-state index contributed by atoms with van der Waals surface area (Å²) in [7, 11) is 0. The van der Waals surface area contributed by atoms with Crippen LogP contribution in [0.5, 0.6) is 0 Å². The van der Waals surface area contributed by atoms with Crippen molar-refractivity contribution in [2.75, 3.05) is 18.0 Å². The minimum atomic E-state index is 0.604. The molecule has 0 aromatic heterocycles. The van der Waals surface area contributed by atoms with Crippen molar-refractivity contribution < 1.29 is 0 Å². The topological polar surface area (TPSA) is 15.3 Å². The number of nitrogens with one attached hydrogen (secondary N) is 1. The fourth-order valence-corrected chi connectivity index (χ4v) is 3.22. The minimum absolute atomic E-state index is 0.604. The number of nitrogens with zero attached hydrogens (tertiary/aromatic N) is 1. The van der Waals surface area contributed by atoms with Gasteiger partial charge in [-0.1, -0.05) is 18.6 Å². The molecule has 0 bridgehead atoms. The van der Waals surface area contributed by atoms with Gasteiger partial charge in [0.05, 0.1) is 0 Å². The highest BCUT2D eigenvalue weighted by Gasteiger charge is 2.29. The standard InChI is InChI=1S/C15H21N2/c1-12(14-7-4-5-10-16-14)17-11-9-13-6-2-3-8-15(13)17/h2,6,8,12,14,16H,4-5,7,9-11H2,1H3. The molecule has 2 heterocycles. The summed E-state index contributed by atoms with van der Waals surface area (Å²) in [6.07, 6.45) is 5.24. The molecule has 91 valence electrons. The fraction of sp³-hybridized carbons (Fsp3) is 0.600. The van der Waals surface area contributed by atoms with Gasteiger partial charge in [0, 0.05) is 24.3 Å². The summed E-state index contributed by atoms with van der Waals surface area (Å²) in [5.74, 6) is 0. The second kappa shape index (κ2) is 4.69. The molecule has 17 heavy (non-hydrogen) atoms. The first kappa shape index (κ1) is 11.1. The Morgan fingerprint density at radius 1 is 1.47 bits per heavy atom. The van der Waals surface area contributed by atoms with Gasteiger partial charge in [-0.2, -0.15) is 0 Å². The Morgan fingerprint density at radius 2 is 2.41 bits per heavy atom. The van der Waals surface area contributed by atoms with Crippen LogP contribution in [0, 0.1) is 6.07 Å². The number of piperidine rings is 1. The minimum Gasteiger partial charge on any atom is -0.367 e. The highest BCUT2D eigenvalue weighted by Crippen LogP contribution is 2.30. The van der Waals surface area contributed by atoms with Crippen LogP contribution in [-0.4, -0.2) is 25.2 Å². The zero-order chi connectivity index (χ0) is 11.7. The third-order valence-electron chi connectivity index (χ3n) is 4.28. The second-order valence-electron chi connectivity index (χ2n) is 5.30. The van der Waals surface area contributed by atoms with Crippen LogP contribution >= 0.6 is 0 Å². The van der Waals surface area contributed by atoms with E-state index in [1.165, 1.54) is 50.0 Å². The first-order valence-electron chi connectivity index (χ1n) is 6.85. The molecule has 2 heteroatoms. The van der Waals surface area contributed by atoms with E-state index in [2.05, 4.69) is 35.3 Å². The summed E-state index contributed by atoms with van der Waals surface area (Å²) in [6, 6.07) is 10.9. The zero-order valence-electron chi connectivity index (χ0n) is 10.6. The van der Waals surface area contributed by atoms with Gasteiger partial charge in [-0.05, 0) is 50.4 Å². The van der Waals surface area contributed by atoms with E-state index in [0.717, 1.165) is 0 Å². The summed E-state index contributed by atoms with van der Waals surface area (Å²) in [6.45, 7) is 4.73. The molecule has 2 aliphatic heterocycles. The Kier molecular flexibility index (Phi) is 3.06. The SMILES string of the molecule is CC(C1CCCCN1)N1CCc2cc[c]cc21. The third-order valence-corrected chi connectivity index (χ3v) is 4.28. The van der Waals surface area contributed by atoms with E-state index in [4.69, 9.17) is 0 Å². The molecule has 1 fully saturated rings. The first-order chi connectivity index (χ1) is 8.36. The zero-order valence-corrected chi connectivity index (χ0v) is 10.6. The number of rotatable bonds is 2. The van der Waals surface area contributed by atoms with Crippen LogP contribution in [0.1, 0.15) is 31.7 Å². The summed E-state index contributed by atoms with van der Waals surface area (Å²) < 4.78 is 0. The number of fused-ring (bicyclic) bond motifs is 1. The average Bonchev–Trinajstić information content (AvgIpc) is 2.83. The highest BCUT2D eigenvalue weighted by atomic mass is 15.2. The Bertz CT molecular complexity index is 382. The van der Waals surface area contributed by atoms with Crippen LogP contribution < -0.4 is 10.2 Å². The normalized spacial score (nSPS) is 25.7. The van der Waals surface area contributed by atoms with Gasteiger partial charge in [0.1, 0.15) is 0 Å². The Morgan fingerprint density at radius 3 is 3.24 bits per heavy atom. The molecule has 0 amide bonds. The largest absolute Gasteiger partial charge is 0.367 e. The summed E-state index contributed by atoms with van der Waals surface area (Å²) in [4.78, 5) is 2.56. The van der Waals surface area contributed by atoms with Crippen LogP contribution in [0.25, 0.3) is 0 Å². The van der Waals surface area contributed by atoms with Gasteiger partial charge in [-0.15, -0.1) is 0 Å². The molecule has 0 saturated carbocycles. The van der Waals surface area contributed by atoms with E-state index in [1.54, 1.807) is 0 Å². The van der Waals surface area contributed by atoms with Crippen molar-refractivity contribution in [1.82, 2.24) is 5.32 Å². The van der Waals surface area contributed by atoms with Crippen molar-refractivity contribution in [1.29, 1.82) is 0 Å². The maximum atomic E-state index is 3.67. The van der Waals surface area contributed by atoms with E-state index < -0.39 is 0 Å². The lowest BCUT2D eigenvalue weighted by Crippen LogP contribution is -2.50. The van der Waals surface area contributed by atoms with Crippen LogP contribution in [0.4, 0.5) is 5.69 Å². The van der Waals surface area contributed by atoms with Gasteiger partial charge in [0.2, 0.25) is 0 Å². The Balaban J connectivity index is 1.76. The quantitative estimate of drug-likeness (QED) is 0.837. The summed E-state index contributed by atoms with van der Waals surface area (Å²) in [5.41, 5.74) is 2.90. The molecule has 1 saturated heterocycles. The summed E-state index contributed by atoms with van der Waals surface area (Å²) >= 11 is 0. The lowest BCUT2D eigenvalue weighted by Gasteiger charge is -2.36. The van der Waals surface area contributed by atoms with E-state index in [0.29, 0.717) is 12.1 Å². The number of hydrogen-bond donors (Lipinski definition) is 1. The van der Waals surface area contributed by atoms with E-state index >= 15 is 0 Å². The molecule has 2 nitrogen and oxygen atoms in total. The molecular weight excluding hydrogens is 208 g/mol. The predicted octanol–water partition coefficient (Wildman–Crippen LogP) is 2.38. The molecule has 2 unspecified atom stereocenters. The van der Waals surface area contributed by atoms with Crippen LogP contribution in [0.15, 0.2) is 18.2 Å². The third kappa shape index (κ3) is 2.06. The average molecular weight is 229 g/mol. The maximum absolute atomic E-state index is 3.67. The van der Waals surface area contributed by atoms with E-state index in [-0.39, 0.29) is 0 Å². The second-order valence-corrected chi connectivity index (χ2v) is 5.30. The highest BCUT2D eigenvalue weighted by molar-refractivity contribution is 5.58. The molecule has 2 atom stereocenters. The van der Waals surface area contributed by atoms with Crippen molar-refractivity contribution in [2.24, 2.45) is 0 Å². The maximum Gasteiger partial charge on any atom is 0.0415 e. The van der Waals surface area contributed by atoms with Crippen molar-refractivity contribution >= 4 is 5.69 Å². The van der Waals surface area contributed by atoms with Crippen molar-refractivity contribution in [3.05, 3.63) is 29.8 Å². The number of anilines is 1. The molecule has 0 spiro atoms. The van der Waals surface area contributed by atoms with E-state index in [1.807, 2.05) is 6.07 Å².